The van der Waals surface area contributed by atoms with Gasteiger partial charge in [0.25, 0.3) is 0 Å². The first kappa shape index (κ1) is 16.7. The quantitative estimate of drug-likeness (QED) is 0.813. The molecule has 2 heterocycles. The van der Waals surface area contributed by atoms with E-state index in [0.717, 1.165) is 43.4 Å². The van der Waals surface area contributed by atoms with Crippen LogP contribution in [0.15, 0.2) is 24.3 Å². The Morgan fingerprint density at radius 3 is 2.39 bits per heavy atom. The van der Waals surface area contributed by atoms with E-state index in [1.54, 1.807) is 0 Å². The zero-order chi connectivity index (χ0) is 16.4. The zero-order valence-electron chi connectivity index (χ0n) is 13.4. The van der Waals surface area contributed by atoms with Crippen LogP contribution in [0.2, 0.25) is 0 Å². The third-order valence-corrected chi connectivity index (χ3v) is 6.74. The molecule has 1 atom stereocenters. The molecule has 23 heavy (non-hydrogen) atoms. The van der Waals surface area contributed by atoms with Gasteiger partial charge in [0.2, 0.25) is 0 Å². The standard InChI is InChI=1S/C16H23N3O2S2/c1-13-2-4-14(5-3-13)17-16(22)19-9-7-18(8-10-19)15-6-11-23(20,21)12-15/h2-5,15H,6-12H2,1H3,(H,17,22)/t15-/m1/s1. The lowest BCUT2D eigenvalue weighted by Gasteiger charge is -2.38. The van der Waals surface area contributed by atoms with E-state index < -0.39 is 9.84 Å². The molecule has 2 aliphatic heterocycles. The molecular weight excluding hydrogens is 330 g/mol. The summed E-state index contributed by atoms with van der Waals surface area (Å²) in [5.41, 5.74) is 2.23. The van der Waals surface area contributed by atoms with Crippen LogP contribution in [-0.4, -0.2) is 67.1 Å². The molecule has 2 fully saturated rings. The van der Waals surface area contributed by atoms with Gasteiger partial charge in [-0.2, -0.15) is 0 Å². The van der Waals surface area contributed by atoms with Crippen molar-refractivity contribution < 1.29 is 8.42 Å². The molecule has 0 bridgehead atoms. The fraction of sp³-hybridized carbons (Fsp3) is 0.562. The number of nitrogens with one attached hydrogen (secondary N) is 1. The summed E-state index contributed by atoms with van der Waals surface area (Å²) in [7, 11) is -2.81. The van der Waals surface area contributed by atoms with Crippen molar-refractivity contribution in [2.45, 2.75) is 19.4 Å². The summed E-state index contributed by atoms with van der Waals surface area (Å²) < 4.78 is 23.2. The van der Waals surface area contributed by atoms with Crippen LogP contribution in [0.3, 0.4) is 0 Å². The van der Waals surface area contributed by atoms with Crippen LogP contribution in [0.4, 0.5) is 5.69 Å². The number of anilines is 1. The molecule has 2 saturated heterocycles. The molecule has 5 nitrogen and oxygen atoms in total. The van der Waals surface area contributed by atoms with Crippen molar-refractivity contribution in [3.05, 3.63) is 29.8 Å². The Labute approximate surface area is 143 Å². The third kappa shape index (κ3) is 4.22. The molecule has 0 saturated carbocycles. The molecule has 1 N–H and O–H groups in total. The first-order valence-electron chi connectivity index (χ1n) is 8.00. The Bertz CT molecular complexity index is 665. The number of benzene rings is 1. The maximum absolute atomic E-state index is 11.6. The van der Waals surface area contributed by atoms with Crippen LogP contribution in [0, 0.1) is 6.92 Å². The highest BCUT2D eigenvalue weighted by Gasteiger charge is 2.33. The van der Waals surface area contributed by atoms with Crippen molar-refractivity contribution in [1.29, 1.82) is 0 Å². The Morgan fingerprint density at radius 2 is 1.83 bits per heavy atom. The van der Waals surface area contributed by atoms with Gasteiger partial charge in [-0.05, 0) is 37.7 Å². The van der Waals surface area contributed by atoms with Gasteiger partial charge in [0.1, 0.15) is 0 Å². The van der Waals surface area contributed by atoms with E-state index in [1.807, 2.05) is 12.1 Å². The van der Waals surface area contributed by atoms with E-state index in [1.165, 1.54) is 5.56 Å². The summed E-state index contributed by atoms with van der Waals surface area (Å²) in [5.74, 6) is 0.657. The van der Waals surface area contributed by atoms with Crippen LogP contribution >= 0.6 is 12.2 Å². The van der Waals surface area contributed by atoms with Gasteiger partial charge in [0.05, 0.1) is 11.5 Å². The topological polar surface area (TPSA) is 52.6 Å². The van der Waals surface area contributed by atoms with Crippen molar-refractivity contribution in [2.24, 2.45) is 0 Å². The summed E-state index contributed by atoms with van der Waals surface area (Å²) in [4.78, 5) is 4.46. The number of piperazine rings is 1. The largest absolute Gasteiger partial charge is 0.346 e. The molecule has 126 valence electrons. The minimum Gasteiger partial charge on any atom is -0.346 e. The van der Waals surface area contributed by atoms with Gasteiger partial charge in [-0.3, -0.25) is 4.90 Å². The van der Waals surface area contributed by atoms with E-state index in [-0.39, 0.29) is 6.04 Å². The summed E-state index contributed by atoms with van der Waals surface area (Å²) in [6.07, 6.45) is 0.772. The van der Waals surface area contributed by atoms with E-state index >= 15 is 0 Å². The van der Waals surface area contributed by atoms with E-state index in [2.05, 4.69) is 34.2 Å². The first-order valence-corrected chi connectivity index (χ1v) is 10.2. The van der Waals surface area contributed by atoms with Crippen molar-refractivity contribution in [3.63, 3.8) is 0 Å². The summed E-state index contributed by atoms with van der Waals surface area (Å²) in [6, 6.07) is 8.37. The van der Waals surface area contributed by atoms with Gasteiger partial charge in [0.15, 0.2) is 14.9 Å². The van der Waals surface area contributed by atoms with Crippen molar-refractivity contribution in [2.75, 3.05) is 43.0 Å². The highest BCUT2D eigenvalue weighted by atomic mass is 32.2. The molecule has 0 unspecified atom stereocenters. The molecule has 3 rings (SSSR count). The monoisotopic (exact) mass is 353 g/mol. The SMILES string of the molecule is Cc1ccc(NC(=S)N2CCN([C@@H]3CCS(=O)(=O)C3)CC2)cc1. The number of hydrogen-bond acceptors (Lipinski definition) is 4. The Hall–Kier alpha value is -1.18. The molecule has 0 aromatic heterocycles. The second-order valence-electron chi connectivity index (χ2n) is 6.38. The molecule has 0 spiro atoms. The van der Waals surface area contributed by atoms with Crippen molar-refractivity contribution in [3.8, 4) is 0 Å². The average molecular weight is 354 g/mol. The van der Waals surface area contributed by atoms with Crippen LogP contribution in [-0.2, 0) is 9.84 Å². The Morgan fingerprint density at radius 1 is 1.17 bits per heavy atom. The smallest absolute Gasteiger partial charge is 0.173 e. The highest BCUT2D eigenvalue weighted by molar-refractivity contribution is 7.91. The van der Waals surface area contributed by atoms with Crippen LogP contribution in [0.25, 0.3) is 0 Å². The molecule has 1 aromatic rings. The predicted molar refractivity (Wildman–Crippen MR) is 97.6 cm³/mol. The molecule has 7 heteroatoms. The molecule has 0 radical (unpaired) electrons. The fourth-order valence-electron chi connectivity index (χ4n) is 3.19. The fourth-order valence-corrected chi connectivity index (χ4v) is 5.25. The zero-order valence-corrected chi connectivity index (χ0v) is 15.0. The van der Waals surface area contributed by atoms with Gasteiger partial charge in [-0.1, -0.05) is 17.7 Å². The second-order valence-corrected chi connectivity index (χ2v) is 8.99. The highest BCUT2D eigenvalue weighted by Crippen LogP contribution is 2.19. The van der Waals surface area contributed by atoms with Crippen molar-refractivity contribution in [1.82, 2.24) is 9.80 Å². The van der Waals surface area contributed by atoms with Gasteiger partial charge in [-0.15, -0.1) is 0 Å². The van der Waals surface area contributed by atoms with E-state index in [0.29, 0.717) is 11.5 Å². The predicted octanol–water partition coefficient (Wildman–Crippen LogP) is 1.50. The molecule has 1 aromatic carbocycles. The Kier molecular flexibility index (Phi) is 4.89. The van der Waals surface area contributed by atoms with Gasteiger partial charge in [0, 0.05) is 37.9 Å². The van der Waals surface area contributed by atoms with E-state index in [4.69, 9.17) is 12.2 Å². The lowest BCUT2D eigenvalue weighted by atomic mass is 10.2. The number of aryl methyl sites for hydroxylation is 1. The van der Waals surface area contributed by atoms with Crippen LogP contribution < -0.4 is 5.32 Å². The second kappa shape index (κ2) is 6.75. The maximum atomic E-state index is 11.6. The minimum absolute atomic E-state index is 0.195. The third-order valence-electron chi connectivity index (χ3n) is 4.63. The van der Waals surface area contributed by atoms with Crippen molar-refractivity contribution >= 4 is 32.9 Å². The lowest BCUT2D eigenvalue weighted by molar-refractivity contribution is 0.144. The summed E-state index contributed by atoms with van der Waals surface area (Å²) in [5, 5.41) is 4.02. The van der Waals surface area contributed by atoms with Crippen LogP contribution in [0.5, 0.6) is 0 Å². The van der Waals surface area contributed by atoms with Crippen LogP contribution in [0.1, 0.15) is 12.0 Å². The number of rotatable bonds is 2. The lowest BCUT2D eigenvalue weighted by Crippen LogP contribution is -2.53. The van der Waals surface area contributed by atoms with Gasteiger partial charge in [-0.25, -0.2) is 8.42 Å². The van der Waals surface area contributed by atoms with E-state index in [9.17, 15) is 8.42 Å². The average Bonchev–Trinajstić information content (AvgIpc) is 2.90. The minimum atomic E-state index is -2.81. The molecule has 0 aliphatic carbocycles. The molecule has 0 amide bonds. The molecular formula is C16H23N3O2S2. The summed E-state index contributed by atoms with van der Waals surface area (Å²) in [6.45, 7) is 5.48. The van der Waals surface area contributed by atoms with Gasteiger partial charge < -0.3 is 10.2 Å². The first-order chi connectivity index (χ1) is 10.9. The van der Waals surface area contributed by atoms with Gasteiger partial charge >= 0.3 is 0 Å². The number of thiocarbonyl (C=S) groups is 1. The number of hydrogen-bond donors (Lipinski definition) is 1. The molecule has 2 aliphatic rings. The summed E-state index contributed by atoms with van der Waals surface area (Å²) >= 11 is 5.50. The maximum Gasteiger partial charge on any atom is 0.173 e. The normalized spacial score (nSPS) is 24.6. The number of nitrogens with zero attached hydrogens (tertiary/aromatic N) is 2. The number of sulfone groups is 1. The Balaban J connectivity index is 1.50.